The van der Waals surface area contributed by atoms with Crippen LogP contribution in [0.3, 0.4) is 0 Å². The predicted octanol–water partition coefficient (Wildman–Crippen LogP) is 5.05. The first-order valence-corrected chi connectivity index (χ1v) is 11.6. The summed E-state index contributed by atoms with van der Waals surface area (Å²) < 4.78 is 13.5. The second kappa shape index (κ2) is 10.7. The molecule has 1 fully saturated rings. The lowest BCUT2D eigenvalue weighted by molar-refractivity contribution is -0.120. The molecule has 4 rings (SSSR count). The van der Waals surface area contributed by atoms with Crippen molar-refractivity contribution in [2.45, 2.75) is 32.7 Å². The molecule has 33 heavy (non-hydrogen) atoms. The second-order valence-corrected chi connectivity index (χ2v) is 8.54. The van der Waals surface area contributed by atoms with Crippen molar-refractivity contribution < 1.29 is 9.18 Å². The summed E-state index contributed by atoms with van der Waals surface area (Å²) in [6.45, 7) is 4.15. The molecule has 2 aromatic heterocycles. The van der Waals surface area contributed by atoms with E-state index in [0.29, 0.717) is 23.9 Å². The van der Waals surface area contributed by atoms with Crippen molar-refractivity contribution in [3.63, 3.8) is 0 Å². The minimum Gasteiger partial charge on any atom is -0.379 e. The van der Waals surface area contributed by atoms with Crippen molar-refractivity contribution in [3.05, 3.63) is 70.9 Å². The molecule has 1 aliphatic rings. The number of carbonyl (C=O) groups excluding carboxylic acids is 1. The number of aromatic nitrogens is 2. The van der Waals surface area contributed by atoms with E-state index in [0.717, 1.165) is 53.7 Å². The van der Waals surface area contributed by atoms with E-state index < -0.39 is 0 Å². The molecule has 6 nitrogen and oxygen atoms in total. The van der Waals surface area contributed by atoms with E-state index in [1.807, 2.05) is 6.07 Å². The van der Waals surface area contributed by atoms with E-state index in [1.165, 1.54) is 12.1 Å². The second-order valence-electron chi connectivity index (χ2n) is 8.13. The van der Waals surface area contributed by atoms with Crippen LogP contribution in [0.2, 0.25) is 5.02 Å². The summed E-state index contributed by atoms with van der Waals surface area (Å²) >= 11 is 6.51. The molecule has 1 aliphatic heterocycles. The zero-order valence-corrected chi connectivity index (χ0v) is 19.3. The molecule has 0 bridgehead atoms. The Labute approximate surface area is 198 Å². The van der Waals surface area contributed by atoms with Crippen molar-refractivity contribution in [2.75, 3.05) is 23.7 Å². The molecular weight excluding hydrogens is 441 g/mol. The largest absolute Gasteiger partial charge is 0.379 e. The lowest BCUT2D eigenvalue weighted by atomic mass is 9.98. The fraction of sp³-hybridized carbons (Fsp3) is 0.320. The number of pyridine rings is 2. The van der Waals surface area contributed by atoms with Gasteiger partial charge in [-0.25, -0.2) is 9.37 Å². The van der Waals surface area contributed by atoms with Gasteiger partial charge in [0.25, 0.3) is 0 Å². The van der Waals surface area contributed by atoms with Crippen LogP contribution in [-0.4, -0.2) is 29.0 Å². The quantitative estimate of drug-likeness (QED) is 0.453. The summed E-state index contributed by atoms with van der Waals surface area (Å²) in [4.78, 5) is 21.3. The smallest absolute Gasteiger partial charge is 0.229 e. The Morgan fingerprint density at radius 2 is 2.12 bits per heavy atom. The van der Waals surface area contributed by atoms with Gasteiger partial charge in [0.05, 0.1) is 22.8 Å². The lowest BCUT2D eigenvalue weighted by Gasteiger charge is -2.22. The molecular formula is C25H27ClFN5O. The Morgan fingerprint density at radius 3 is 2.88 bits per heavy atom. The van der Waals surface area contributed by atoms with E-state index >= 15 is 0 Å². The van der Waals surface area contributed by atoms with Crippen LogP contribution in [0.1, 0.15) is 30.9 Å². The molecule has 172 valence electrons. The van der Waals surface area contributed by atoms with Gasteiger partial charge in [0.2, 0.25) is 5.91 Å². The van der Waals surface area contributed by atoms with Gasteiger partial charge in [-0.2, -0.15) is 0 Å². The Bertz CT molecular complexity index is 1130. The first-order valence-electron chi connectivity index (χ1n) is 11.2. The summed E-state index contributed by atoms with van der Waals surface area (Å²) in [5.74, 6) is 0.0920. The highest BCUT2D eigenvalue weighted by Gasteiger charge is 2.22. The number of nitrogens with one attached hydrogen (secondary N) is 3. The minimum absolute atomic E-state index is 0.0395. The monoisotopic (exact) mass is 467 g/mol. The first-order chi connectivity index (χ1) is 16.0. The number of halogens is 2. The molecule has 1 amide bonds. The van der Waals surface area contributed by atoms with Gasteiger partial charge in [-0.1, -0.05) is 30.7 Å². The molecule has 3 N–H and O–H groups in total. The summed E-state index contributed by atoms with van der Waals surface area (Å²) in [6, 6.07) is 8.29. The Morgan fingerprint density at radius 1 is 1.24 bits per heavy atom. The van der Waals surface area contributed by atoms with Crippen LogP contribution in [-0.2, 0) is 17.8 Å². The number of amides is 1. The van der Waals surface area contributed by atoms with Gasteiger partial charge in [0, 0.05) is 36.6 Å². The maximum Gasteiger partial charge on any atom is 0.229 e. The van der Waals surface area contributed by atoms with Crippen molar-refractivity contribution >= 4 is 29.0 Å². The number of hydrogen-bond donors (Lipinski definition) is 3. The maximum atomic E-state index is 13.5. The van der Waals surface area contributed by atoms with E-state index in [-0.39, 0.29) is 17.6 Å². The standard InChI is InChI=1S/C25H27ClFN5O/c1-2-19-21(13-29-15-23(19)30-11-16-5-3-7-18(27)9-16)20-10-24(31-14-22(20)26)32-25(33)17-6-4-8-28-12-17/h3,5,7,9-10,13-15,17,28,30H,2,4,6,8,11-12H2,1H3,(H,31,32,33). The highest BCUT2D eigenvalue weighted by atomic mass is 35.5. The first kappa shape index (κ1) is 23.1. The van der Waals surface area contributed by atoms with Crippen LogP contribution < -0.4 is 16.0 Å². The number of hydrogen-bond acceptors (Lipinski definition) is 5. The zero-order chi connectivity index (χ0) is 23.2. The van der Waals surface area contributed by atoms with Gasteiger partial charge in [0.1, 0.15) is 11.6 Å². The Kier molecular flexibility index (Phi) is 7.52. The van der Waals surface area contributed by atoms with Crippen LogP contribution in [0.5, 0.6) is 0 Å². The van der Waals surface area contributed by atoms with Gasteiger partial charge in [-0.3, -0.25) is 9.78 Å². The third-order valence-electron chi connectivity index (χ3n) is 5.85. The van der Waals surface area contributed by atoms with Gasteiger partial charge in [0.15, 0.2) is 0 Å². The van der Waals surface area contributed by atoms with Crippen LogP contribution in [0.4, 0.5) is 15.9 Å². The molecule has 1 atom stereocenters. The van der Waals surface area contributed by atoms with Gasteiger partial charge in [-0.15, -0.1) is 0 Å². The molecule has 3 heterocycles. The number of nitrogens with zero attached hydrogens (tertiary/aromatic N) is 2. The van der Waals surface area contributed by atoms with Crippen LogP contribution in [0, 0.1) is 11.7 Å². The fourth-order valence-corrected chi connectivity index (χ4v) is 4.32. The van der Waals surface area contributed by atoms with Crippen LogP contribution >= 0.6 is 11.6 Å². The highest BCUT2D eigenvalue weighted by Crippen LogP contribution is 2.35. The molecule has 3 aromatic rings. The SMILES string of the molecule is CCc1c(NCc2cccc(F)c2)cncc1-c1cc(NC(=O)C2CCCNC2)ncc1Cl. The molecule has 0 radical (unpaired) electrons. The molecule has 0 aliphatic carbocycles. The molecule has 1 aromatic carbocycles. The fourth-order valence-electron chi connectivity index (χ4n) is 4.11. The third-order valence-corrected chi connectivity index (χ3v) is 6.15. The van der Waals surface area contributed by atoms with E-state index in [9.17, 15) is 9.18 Å². The van der Waals surface area contributed by atoms with Crippen molar-refractivity contribution in [2.24, 2.45) is 5.92 Å². The number of piperidine rings is 1. The zero-order valence-electron chi connectivity index (χ0n) is 18.5. The summed E-state index contributed by atoms with van der Waals surface area (Å²) in [5, 5.41) is 10.0. The third kappa shape index (κ3) is 5.67. The average Bonchev–Trinajstić information content (AvgIpc) is 2.84. The maximum absolute atomic E-state index is 13.5. The molecule has 8 heteroatoms. The lowest BCUT2D eigenvalue weighted by Crippen LogP contribution is -2.37. The average molecular weight is 468 g/mol. The van der Waals surface area contributed by atoms with Crippen LogP contribution in [0.25, 0.3) is 11.1 Å². The topological polar surface area (TPSA) is 78.9 Å². The number of rotatable bonds is 7. The molecule has 1 unspecified atom stereocenters. The molecule has 0 saturated carbocycles. The van der Waals surface area contributed by atoms with Gasteiger partial charge < -0.3 is 16.0 Å². The van der Waals surface area contributed by atoms with E-state index in [4.69, 9.17) is 11.6 Å². The Balaban J connectivity index is 1.58. The molecule has 1 saturated heterocycles. The summed E-state index contributed by atoms with van der Waals surface area (Å²) in [5.41, 5.74) is 4.34. The van der Waals surface area contributed by atoms with Crippen molar-refractivity contribution in [3.8, 4) is 11.1 Å². The summed E-state index contributed by atoms with van der Waals surface area (Å²) in [6.07, 6.45) is 7.66. The van der Waals surface area contributed by atoms with Gasteiger partial charge >= 0.3 is 0 Å². The summed E-state index contributed by atoms with van der Waals surface area (Å²) in [7, 11) is 0. The highest BCUT2D eigenvalue weighted by molar-refractivity contribution is 6.33. The van der Waals surface area contributed by atoms with Gasteiger partial charge in [-0.05, 0) is 55.1 Å². The number of benzene rings is 1. The van der Waals surface area contributed by atoms with Crippen LogP contribution in [0.15, 0.2) is 48.9 Å². The van der Waals surface area contributed by atoms with E-state index in [2.05, 4.69) is 32.8 Å². The molecule has 0 spiro atoms. The predicted molar refractivity (Wildman–Crippen MR) is 130 cm³/mol. The number of anilines is 2. The Hall–Kier alpha value is -3.03. The number of carbonyl (C=O) groups is 1. The van der Waals surface area contributed by atoms with Crippen molar-refractivity contribution in [1.29, 1.82) is 0 Å². The normalized spacial score (nSPS) is 15.8. The van der Waals surface area contributed by atoms with E-state index in [1.54, 1.807) is 30.7 Å². The minimum atomic E-state index is -0.265. The van der Waals surface area contributed by atoms with Crippen molar-refractivity contribution in [1.82, 2.24) is 15.3 Å².